The summed E-state index contributed by atoms with van der Waals surface area (Å²) >= 11 is 0. The van der Waals surface area contributed by atoms with Crippen LogP contribution in [0.25, 0.3) is 22.2 Å². The van der Waals surface area contributed by atoms with E-state index in [1.165, 1.54) is 6.07 Å². The number of pyridine rings is 1. The predicted octanol–water partition coefficient (Wildman–Crippen LogP) is 4.59. The van der Waals surface area contributed by atoms with E-state index in [1.807, 2.05) is 31.5 Å². The number of hydrogen-bond donors (Lipinski definition) is 1. The van der Waals surface area contributed by atoms with Crippen LogP contribution in [0.1, 0.15) is 44.7 Å². The monoisotopic (exact) mass is 481 g/mol. The number of nitrogens with zero attached hydrogens (tertiary/aromatic N) is 2. The van der Waals surface area contributed by atoms with Crippen molar-refractivity contribution in [3.63, 3.8) is 0 Å². The minimum Gasteiger partial charge on any atom is -0.618 e. The number of halogens is 3. The van der Waals surface area contributed by atoms with Crippen molar-refractivity contribution in [2.45, 2.75) is 58.1 Å². The zero-order valence-corrected chi connectivity index (χ0v) is 19.4. The van der Waals surface area contributed by atoms with Gasteiger partial charge in [-0.15, -0.1) is 0 Å². The first kappa shape index (κ1) is 23.6. The number of hydrogen-bond acceptors (Lipinski definition) is 3. The smallest absolute Gasteiger partial charge is 0.422 e. The van der Waals surface area contributed by atoms with E-state index in [9.17, 15) is 26.8 Å². The van der Waals surface area contributed by atoms with Crippen molar-refractivity contribution in [3.8, 4) is 11.3 Å². The maximum atomic E-state index is 13.6. The Balaban J connectivity index is 1.82. The summed E-state index contributed by atoms with van der Waals surface area (Å²) in [6.07, 6.45) is -0.509. The van der Waals surface area contributed by atoms with Gasteiger partial charge in [0.05, 0.1) is 10.8 Å². The standard InChI is InChI=1S/C23H26F3N3O3S/c1-22(2,3)14-28-13-16(12-27-33(31,32)17-7-8-17)18-9-6-15(11-20(18)28)21-19(23(24,25)26)5-4-10-29(21)30/h4-6,9-11,13,17,27H,7-8,12,14H2,1-3H3. The second kappa shape index (κ2) is 8.02. The van der Waals surface area contributed by atoms with Crippen molar-refractivity contribution in [1.29, 1.82) is 0 Å². The first-order chi connectivity index (χ1) is 15.3. The van der Waals surface area contributed by atoms with Gasteiger partial charge in [0.1, 0.15) is 5.56 Å². The zero-order chi connectivity index (χ0) is 24.2. The lowest BCUT2D eigenvalue weighted by Gasteiger charge is -2.20. The lowest BCUT2D eigenvalue weighted by molar-refractivity contribution is -0.594. The summed E-state index contributed by atoms with van der Waals surface area (Å²) in [7, 11) is -3.39. The van der Waals surface area contributed by atoms with Crippen LogP contribution in [0.15, 0.2) is 42.7 Å². The Kier molecular flexibility index (Phi) is 5.73. The molecule has 0 radical (unpaired) electrons. The fourth-order valence-electron chi connectivity index (χ4n) is 3.97. The van der Waals surface area contributed by atoms with Crippen molar-refractivity contribution in [2.75, 3.05) is 0 Å². The van der Waals surface area contributed by atoms with Crippen LogP contribution in [-0.4, -0.2) is 18.2 Å². The number of benzene rings is 1. The summed E-state index contributed by atoms with van der Waals surface area (Å²) in [5, 5.41) is 12.7. The second-order valence-electron chi connectivity index (χ2n) is 9.73. The lowest BCUT2D eigenvalue weighted by atomic mass is 9.97. The maximum absolute atomic E-state index is 13.6. The predicted molar refractivity (Wildman–Crippen MR) is 120 cm³/mol. The van der Waals surface area contributed by atoms with E-state index in [0.29, 0.717) is 24.9 Å². The topological polar surface area (TPSA) is 78.0 Å². The highest BCUT2D eigenvalue weighted by molar-refractivity contribution is 7.90. The van der Waals surface area contributed by atoms with E-state index in [1.54, 1.807) is 12.1 Å². The molecule has 0 amide bonds. The molecule has 1 saturated carbocycles. The summed E-state index contributed by atoms with van der Waals surface area (Å²) in [5.41, 5.74) is -0.111. The molecule has 0 aliphatic heterocycles. The molecule has 0 spiro atoms. The molecule has 2 heterocycles. The molecule has 0 saturated heterocycles. The van der Waals surface area contributed by atoms with Gasteiger partial charge in [0.15, 0.2) is 6.20 Å². The Hall–Kier alpha value is -2.59. The van der Waals surface area contributed by atoms with Crippen LogP contribution >= 0.6 is 0 Å². The van der Waals surface area contributed by atoms with Crippen LogP contribution < -0.4 is 9.45 Å². The zero-order valence-electron chi connectivity index (χ0n) is 18.6. The Morgan fingerprint density at radius 3 is 2.48 bits per heavy atom. The van der Waals surface area contributed by atoms with Gasteiger partial charge in [0, 0.05) is 36.3 Å². The summed E-state index contributed by atoms with van der Waals surface area (Å²) in [5.74, 6) is 0. The minimum absolute atomic E-state index is 0.0898. The van der Waals surface area contributed by atoms with Crippen molar-refractivity contribution in [3.05, 3.63) is 59.1 Å². The van der Waals surface area contributed by atoms with Gasteiger partial charge >= 0.3 is 6.18 Å². The van der Waals surface area contributed by atoms with Gasteiger partial charge in [0.25, 0.3) is 0 Å². The van der Waals surface area contributed by atoms with Gasteiger partial charge in [-0.2, -0.15) is 17.9 Å². The average molecular weight is 482 g/mol. The summed E-state index contributed by atoms with van der Waals surface area (Å²) in [4.78, 5) is 0. The fourth-order valence-corrected chi connectivity index (χ4v) is 5.32. The van der Waals surface area contributed by atoms with E-state index in [4.69, 9.17) is 0 Å². The first-order valence-corrected chi connectivity index (χ1v) is 12.2. The largest absolute Gasteiger partial charge is 0.618 e. The molecule has 1 aromatic carbocycles. The molecule has 0 unspecified atom stereocenters. The van der Waals surface area contributed by atoms with Crippen molar-refractivity contribution in [2.24, 2.45) is 5.41 Å². The van der Waals surface area contributed by atoms with Crippen LogP contribution in [-0.2, 0) is 29.3 Å². The van der Waals surface area contributed by atoms with E-state index in [-0.39, 0.29) is 27.5 Å². The molecular formula is C23H26F3N3O3S. The van der Waals surface area contributed by atoms with Crippen LogP contribution in [0.5, 0.6) is 0 Å². The molecule has 2 aromatic heterocycles. The van der Waals surface area contributed by atoms with Crippen LogP contribution in [0.3, 0.4) is 0 Å². The molecular weight excluding hydrogens is 455 g/mol. The van der Waals surface area contributed by atoms with Gasteiger partial charge < -0.3 is 9.77 Å². The molecule has 178 valence electrons. The van der Waals surface area contributed by atoms with Crippen molar-refractivity contribution in [1.82, 2.24) is 9.29 Å². The summed E-state index contributed by atoms with van der Waals surface area (Å²) in [6, 6.07) is 6.66. The van der Waals surface area contributed by atoms with Crippen LogP contribution in [0, 0.1) is 10.6 Å². The minimum atomic E-state index is -4.68. The first-order valence-electron chi connectivity index (χ1n) is 10.7. The summed E-state index contributed by atoms with van der Waals surface area (Å²) < 4.78 is 70.1. The second-order valence-corrected chi connectivity index (χ2v) is 11.8. The highest BCUT2D eigenvalue weighted by Crippen LogP contribution is 2.37. The number of rotatable bonds is 6. The summed E-state index contributed by atoms with van der Waals surface area (Å²) in [6.45, 7) is 6.74. The van der Waals surface area contributed by atoms with Crippen LogP contribution in [0.2, 0.25) is 0 Å². The molecule has 3 aromatic rings. The molecule has 1 N–H and O–H groups in total. The molecule has 0 bridgehead atoms. The van der Waals surface area contributed by atoms with Gasteiger partial charge in [-0.25, -0.2) is 13.1 Å². The molecule has 10 heteroatoms. The van der Waals surface area contributed by atoms with Crippen molar-refractivity contribution < 1.29 is 26.3 Å². The molecule has 4 rings (SSSR count). The molecule has 1 aliphatic carbocycles. The van der Waals surface area contributed by atoms with E-state index >= 15 is 0 Å². The average Bonchev–Trinajstić information content (AvgIpc) is 3.50. The molecule has 33 heavy (non-hydrogen) atoms. The number of nitrogens with one attached hydrogen (secondary N) is 1. The Morgan fingerprint density at radius 2 is 1.88 bits per heavy atom. The Bertz CT molecular complexity index is 1300. The van der Waals surface area contributed by atoms with Gasteiger partial charge in [0.2, 0.25) is 15.7 Å². The Labute approximate surface area is 190 Å². The fraction of sp³-hybridized carbons (Fsp3) is 0.435. The lowest BCUT2D eigenvalue weighted by Crippen LogP contribution is -2.31. The highest BCUT2D eigenvalue weighted by atomic mass is 32.2. The molecule has 6 nitrogen and oxygen atoms in total. The highest BCUT2D eigenvalue weighted by Gasteiger charge is 2.38. The van der Waals surface area contributed by atoms with E-state index in [2.05, 4.69) is 4.72 Å². The van der Waals surface area contributed by atoms with E-state index in [0.717, 1.165) is 29.3 Å². The normalized spacial score (nSPS) is 15.3. The third kappa shape index (κ3) is 5.01. The molecule has 1 fully saturated rings. The van der Waals surface area contributed by atoms with Gasteiger partial charge in [-0.1, -0.05) is 26.8 Å². The number of aromatic nitrogens is 2. The Morgan fingerprint density at radius 1 is 1.18 bits per heavy atom. The third-order valence-electron chi connectivity index (χ3n) is 5.58. The number of alkyl halides is 3. The molecule has 1 aliphatic rings. The maximum Gasteiger partial charge on any atom is 0.422 e. The SMILES string of the molecule is CC(C)(C)Cn1cc(CNS(=O)(=O)C2CC2)c2ccc(-c3c(C(F)(F)F)ccc[n+]3[O-])cc21. The van der Waals surface area contributed by atoms with E-state index < -0.39 is 27.5 Å². The van der Waals surface area contributed by atoms with Crippen molar-refractivity contribution >= 4 is 20.9 Å². The number of sulfonamides is 1. The third-order valence-corrected chi connectivity index (χ3v) is 7.47. The van der Waals surface area contributed by atoms with Gasteiger partial charge in [-0.3, -0.25) is 0 Å². The van der Waals surface area contributed by atoms with Gasteiger partial charge in [-0.05, 0) is 42.0 Å². The molecule has 0 atom stereocenters. The number of fused-ring (bicyclic) bond motifs is 1. The quantitative estimate of drug-likeness (QED) is 0.413. The van der Waals surface area contributed by atoms with Crippen LogP contribution in [0.4, 0.5) is 13.2 Å².